The van der Waals surface area contributed by atoms with Crippen LogP contribution in [0.1, 0.15) is 48.5 Å². The average Bonchev–Trinajstić information content (AvgIpc) is 2.93. The zero-order chi connectivity index (χ0) is 13.1. The van der Waals surface area contributed by atoms with Crippen LogP contribution >= 0.6 is 11.3 Å². The second kappa shape index (κ2) is 5.85. The van der Waals surface area contributed by atoms with Crippen LogP contribution in [0.15, 0.2) is 35.2 Å². The summed E-state index contributed by atoms with van der Waals surface area (Å²) in [6, 6.07) is 9.24. The van der Waals surface area contributed by atoms with E-state index in [1.807, 2.05) is 5.51 Å². The van der Waals surface area contributed by atoms with E-state index in [4.69, 9.17) is 0 Å². The highest BCUT2D eigenvalue weighted by Gasteiger charge is 2.28. The van der Waals surface area contributed by atoms with Gasteiger partial charge in [0.25, 0.3) is 0 Å². The summed E-state index contributed by atoms with van der Waals surface area (Å²) in [6.45, 7) is 3.28. The van der Waals surface area contributed by atoms with Gasteiger partial charge in [-0.25, -0.2) is 4.98 Å². The summed E-state index contributed by atoms with van der Waals surface area (Å²) in [4.78, 5) is 4.49. The van der Waals surface area contributed by atoms with E-state index >= 15 is 0 Å². The molecule has 0 saturated carbocycles. The summed E-state index contributed by atoms with van der Waals surface area (Å²) in [5.41, 5.74) is 6.22. The second-order valence-electron chi connectivity index (χ2n) is 5.26. The molecule has 1 N–H and O–H groups in total. The first kappa shape index (κ1) is 12.8. The van der Waals surface area contributed by atoms with Crippen molar-refractivity contribution in [1.29, 1.82) is 0 Å². The van der Waals surface area contributed by atoms with Crippen LogP contribution in [0, 0.1) is 0 Å². The molecule has 1 aromatic carbocycles. The van der Waals surface area contributed by atoms with Crippen molar-refractivity contribution in [3.05, 3.63) is 52.0 Å². The lowest BCUT2D eigenvalue weighted by atomic mass is 9.74. The van der Waals surface area contributed by atoms with Crippen LogP contribution in [0.4, 0.5) is 0 Å². The van der Waals surface area contributed by atoms with E-state index in [1.54, 1.807) is 16.9 Å². The van der Waals surface area contributed by atoms with Gasteiger partial charge in [-0.05, 0) is 42.9 Å². The molecule has 0 fully saturated rings. The van der Waals surface area contributed by atoms with Gasteiger partial charge in [0.1, 0.15) is 0 Å². The molecule has 0 amide bonds. The van der Waals surface area contributed by atoms with E-state index < -0.39 is 0 Å². The SMILES string of the molecule is CCCNC(CC1Cc2ccccc21)c1cscn1. The van der Waals surface area contributed by atoms with Crippen molar-refractivity contribution in [2.24, 2.45) is 0 Å². The van der Waals surface area contributed by atoms with Crippen LogP contribution in [0.5, 0.6) is 0 Å². The maximum absolute atomic E-state index is 4.49. The first-order valence-electron chi connectivity index (χ1n) is 7.07. The summed E-state index contributed by atoms with van der Waals surface area (Å²) in [5, 5.41) is 5.82. The lowest BCUT2D eigenvalue weighted by molar-refractivity contribution is 0.422. The van der Waals surface area contributed by atoms with Gasteiger partial charge < -0.3 is 5.32 Å². The first-order valence-corrected chi connectivity index (χ1v) is 8.02. The molecule has 1 heterocycles. The van der Waals surface area contributed by atoms with Crippen LogP contribution in [-0.2, 0) is 6.42 Å². The van der Waals surface area contributed by atoms with E-state index in [0.29, 0.717) is 12.0 Å². The fraction of sp³-hybridized carbons (Fsp3) is 0.438. The Hall–Kier alpha value is -1.19. The number of hydrogen-bond donors (Lipinski definition) is 1. The van der Waals surface area contributed by atoms with Crippen LogP contribution in [-0.4, -0.2) is 11.5 Å². The number of hydrogen-bond acceptors (Lipinski definition) is 3. The lowest BCUT2D eigenvalue weighted by Crippen LogP contribution is -2.28. The number of nitrogens with zero attached hydrogens (tertiary/aromatic N) is 1. The molecule has 0 radical (unpaired) electrons. The van der Waals surface area contributed by atoms with Crippen LogP contribution in [0.25, 0.3) is 0 Å². The van der Waals surface area contributed by atoms with Gasteiger partial charge in [-0.15, -0.1) is 11.3 Å². The quantitative estimate of drug-likeness (QED) is 0.862. The van der Waals surface area contributed by atoms with Gasteiger partial charge in [-0.1, -0.05) is 31.2 Å². The van der Waals surface area contributed by atoms with Crippen LogP contribution < -0.4 is 5.32 Å². The maximum Gasteiger partial charge on any atom is 0.0795 e. The minimum Gasteiger partial charge on any atom is -0.309 e. The van der Waals surface area contributed by atoms with E-state index in [1.165, 1.54) is 30.5 Å². The van der Waals surface area contributed by atoms with Gasteiger partial charge in [0.15, 0.2) is 0 Å². The van der Waals surface area contributed by atoms with Crippen molar-refractivity contribution >= 4 is 11.3 Å². The molecule has 2 atom stereocenters. The largest absolute Gasteiger partial charge is 0.309 e. The van der Waals surface area contributed by atoms with Gasteiger partial charge in [0.05, 0.1) is 17.2 Å². The molecule has 2 unspecified atom stereocenters. The topological polar surface area (TPSA) is 24.9 Å². The van der Waals surface area contributed by atoms with Crippen LogP contribution in [0.2, 0.25) is 0 Å². The number of fused-ring (bicyclic) bond motifs is 1. The molecule has 2 nitrogen and oxygen atoms in total. The fourth-order valence-corrected chi connectivity index (χ4v) is 3.49. The van der Waals surface area contributed by atoms with E-state index in [-0.39, 0.29) is 0 Å². The van der Waals surface area contributed by atoms with Crippen LogP contribution in [0.3, 0.4) is 0 Å². The van der Waals surface area contributed by atoms with Crippen molar-refractivity contribution in [1.82, 2.24) is 10.3 Å². The normalized spacial score (nSPS) is 18.7. The summed E-state index contributed by atoms with van der Waals surface area (Å²) >= 11 is 1.69. The minimum absolute atomic E-state index is 0.407. The molecule has 2 aromatic rings. The molecule has 1 aliphatic rings. The molecule has 1 aliphatic carbocycles. The molecular formula is C16H20N2S. The Morgan fingerprint density at radius 3 is 3.05 bits per heavy atom. The second-order valence-corrected chi connectivity index (χ2v) is 5.97. The van der Waals surface area contributed by atoms with E-state index in [2.05, 4.69) is 46.9 Å². The predicted molar refractivity (Wildman–Crippen MR) is 80.7 cm³/mol. The number of rotatable bonds is 6. The Balaban J connectivity index is 1.69. The molecule has 19 heavy (non-hydrogen) atoms. The van der Waals surface area contributed by atoms with Gasteiger partial charge >= 0.3 is 0 Å². The Labute approximate surface area is 118 Å². The monoisotopic (exact) mass is 272 g/mol. The summed E-state index contributed by atoms with van der Waals surface area (Å²) in [7, 11) is 0. The molecule has 3 rings (SSSR count). The molecule has 0 bridgehead atoms. The van der Waals surface area contributed by atoms with Crippen molar-refractivity contribution in [3.8, 4) is 0 Å². The maximum atomic E-state index is 4.49. The van der Waals surface area contributed by atoms with Crippen molar-refractivity contribution < 1.29 is 0 Å². The van der Waals surface area contributed by atoms with Gasteiger partial charge in [0.2, 0.25) is 0 Å². The van der Waals surface area contributed by atoms with Crippen molar-refractivity contribution in [3.63, 3.8) is 0 Å². The number of nitrogens with one attached hydrogen (secondary N) is 1. The Kier molecular flexibility index (Phi) is 3.95. The molecule has 100 valence electrons. The Morgan fingerprint density at radius 1 is 1.42 bits per heavy atom. The van der Waals surface area contributed by atoms with E-state index in [9.17, 15) is 0 Å². The smallest absolute Gasteiger partial charge is 0.0795 e. The molecular weight excluding hydrogens is 252 g/mol. The van der Waals surface area contributed by atoms with Crippen molar-refractivity contribution in [2.45, 2.75) is 38.1 Å². The van der Waals surface area contributed by atoms with Gasteiger partial charge in [-0.3, -0.25) is 0 Å². The third-order valence-electron chi connectivity index (χ3n) is 3.93. The third kappa shape index (κ3) is 2.72. The average molecular weight is 272 g/mol. The molecule has 3 heteroatoms. The predicted octanol–water partition coefficient (Wildman–Crippen LogP) is 3.91. The van der Waals surface area contributed by atoms with E-state index in [0.717, 1.165) is 6.54 Å². The highest BCUT2D eigenvalue weighted by molar-refractivity contribution is 7.07. The zero-order valence-electron chi connectivity index (χ0n) is 11.3. The summed E-state index contributed by atoms with van der Waals surface area (Å²) in [5.74, 6) is 0.701. The standard InChI is InChI=1S/C16H20N2S/c1-2-7-17-15(16-10-19-11-18-16)9-13-8-12-5-3-4-6-14(12)13/h3-6,10-11,13,15,17H,2,7-9H2,1H3. The molecule has 0 saturated heterocycles. The number of thiazole rings is 1. The minimum atomic E-state index is 0.407. The first-order chi connectivity index (χ1) is 9.38. The molecule has 0 spiro atoms. The third-order valence-corrected chi connectivity index (χ3v) is 4.54. The Morgan fingerprint density at radius 2 is 2.32 bits per heavy atom. The highest BCUT2D eigenvalue weighted by Crippen LogP contribution is 2.40. The van der Waals surface area contributed by atoms with Gasteiger partial charge in [0, 0.05) is 5.38 Å². The zero-order valence-corrected chi connectivity index (χ0v) is 12.1. The Bertz CT molecular complexity index is 521. The lowest BCUT2D eigenvalue weighted by Gasteiger charge is -2.33. The molecule has 0 aliphatic heterocycles. The summed E-state index contributed by atoms with van der Waals surface area (Å²) in [6.07, 6.45) is 3.56. The molecule has 1 aromatic heterocycles. The summed E-state index contributed by atoms with van der Waals surface area (Å²) < 4.78 is 0. The van der Waals surface area contributed by atoms with Crippen molar-refractivity contribution in [2.75, 3.05) is 6.54 Å². The number of aromatic nitrogens is 1. The fourth-order valence-electron chi connectivity index (χ4n) is 2.88. The number of benzene rings is 1. The van der Waals surface area contributed by atoms with Gasteiger partial charge in [-0.2, -0.15) is 0 Å². The highest BCUT2D eigenvalue weighted by atomic mass is 32.1.